The molecule has 0 aromatic heterocycles. The number of fused-ring (bicyclic) bond motifs is 5. The van der Waals surface area contributed by atoms with Gasteiger partial charge in [-0.15, -0.1) is 0 Å². The number of aliphatic hydroxyl groups is 1. The highest BCUT2D eigenvalue weighted by Gasteiger charge is 2.50. The van der Waals surface area contributed by atoms with Gasteiger partial charge in [0.2, 0.25) is 0 Å². The molecule has 0 saturated carbocycles. The minimum absolute atomic E-state index is 0.0109. The number of hydrogen-bond donors (Lipinski definition) is 1. The predicted octanol–water partition coefficient (Wildman–Crippen LogP) is 7.12. The van der Waals surface area contributed by atoms with Crippen LogP contribution in [0.3, 0.4) is 0 Å². The monoisotopic (exact) mass is 501 g/mol. The van der Waals surface area contributed by atoms with Crippen LogP contribution < -0.4 is 0 Å². The summed E-state index contributed by atoms with van der Waals surface area (Å²) in [5, 5.41) is 11.7. The first kappa shape index (κ1) is 23.2. The van der Waals surface area contributed by atoms with Crippen molar-refractivity contribution in [3.05, 3.63) is 120 Å². The molecule has 2 fully saturated rings. The molecule has 0 radical (unpaired) electrons. The van der Waals surface area contributed by atoms with E-state index in [2.05, 4.69) is 72.8 Å². The fourth-order valence-corrected chi connectivity index (χ4v) is 7.03. The highest BCUT2D eigenvalue weighted by atomic mass is 16.6. The number of hydrogen-bond acceptors (Lipinski definition) is 3. The molecule has 1 aliphatic carbocycles. The summed E-state index contributed by atoms with van der Waals surface area (Å²) in [5.74, 6) is 0.0499. The Morgan fingerprint density at radius 1 is 0.737 bits per heavy atom. The summed E-state index contributed by atoms with van der Waals surface area (Å²) in [6.07, 6.45) is 2.64. The quantitative estimate of drug-likeness (QED) is 0.324. The van der Waals surface area contributed by atoms with Crippen molar-refractivity contribution in [3.8, 4) is 22.3 Å². The molecule has 4 aromatic rings. The van der Waals surface area contributed by atoms with Crippen LogP contribution in [0.4, 0.5) is 4.79 Å². The number of ether oxygens (including phenoxy) is 1. The van der Waals surface area contributed by atoms with Crippen LogP contribution in [0, 0.1) is 0 Å². The van der Waals surface area contributed by atoms with Gasteiger partial charge >= 0.3 is 6.09 Å². The van der Waals surface area contributed by atoms with E-state index >= 15 is 0 Å². The number of rotatable bonds is 4. The Balaban J connectivity index is 1.06. The molecule has 0 spiro atoms. The molecule has 190 valence electrons. The minimum atomic E-state index is -0.929. The SMILES string of the molecule is O=C(OCC1c2ccccc2-c2ccccc21)N1C2CCC1CC(O)(c1ccc(-c3ccccc3)cc1)C2. The zero-order valence-electron chi connectivity index (χ0n) is 21.3. The van der Waals surface area contributed by atoms with E-state index in [0.29, 0.717) is 19.4 Å². The van der Waals surface area contributed by atoms with Gasteiger partial charge in [-0.2, -0.15) is 0 Å². The Bertz CT molecular complexity index is 1420. The number of carbonyl (C=O) groups excluding carboxylic acids is 1. The number of carbonyl (C=O) groups is 1. The third kappa shape index (κ3) is 3.83. The molecule has 1 amide bonds. The number of benzene rings is 4. The van der Waals surface area contributed by atoms with Gasteiger partial charge in [0.15, 0.2) is 0 Å². The number of nitrogens with zero attached hydrogens (tertiary/aromatic N) is 1. The lowest BCUT2D eigenvalue weighted by Gasteiger charge is -2.43. The van der Waals surface area contributed by atoms with E-state index in [1.165, 1.54) is 22.3 Å². The molecule has 2 aliphatic heterocycles. The molecule has 38 heavy (non-hydrogen) atoms. The fraction of sp³-hybridized carbons (Fsp3) is 0.265. The van der Waals surface area contributed by atoms with Crippen LogP contribution in [-0.4, -0.2) is 34.8 Å². The zero-order valence-corrected chi connectivity index (χ0v) is 21.3. The highest BCUT2D eigenvalue weighted by molar-refractivity contribution is 5.79. The summed E-state index contributed by atoms with van der Waals surface area (Å²) in [5.41, 5.74) is 7.19. The largest absolute Gasteiger partial charge is 0.448 e. The second-order valence-electron chi connectivity index (χ2n) is 11.0. The first-order valence-electron chi connectivity index (χ1n) is 13.6. The van der Waals surface area contributed by atoms with Gasteiger partial charge in [0, 0.05) is 30.8 Å². The van der Waals surface area contributed by atoms with E-state index in [4.69, 9.17) is 4.74 Å². The third-order valence-electron chi connectivity index (χ3n) is 8.84. The van der Waals surface area contributed by atoms with Gasteiger partial charge in [-0.25, -0.2) is 4.79 Å². The lowest BCUT2D eigenvalue weighted by Crippen LogP contribution is -2.52. The average molecular weight is 502 g/mol. The molecule has 4 heteroatoms. The van der Waals surface area contributed by atoms with Gasteiger partial charge in [-0.3, -0.25) is 0 Å². The van der Waals surface area contributed by atoms with Gasteiger partial charge in [-0.05, 0) is 51.8 Å². The lowest BCUT2D eigenvalue weighted by atomic mass is 9.80. The van der Waals surface area contributed by atoms with Crippen LogP contribution >= 0.6 is 0 Å². The summed E-state index contributed by atoms with van der Waals surface area (Å²) in [7, 11) is 0. The average Bonchev–Trinajstić information content (AvgIpc) is 3.44. The van der Waals surface area contributed by atoms with Gasteiger partial charge in [0.05, 0.1) is 5.60 Å². The van der Waals surface area contributed by atoms with Crippen molar-refractivity contribution in [3.63, 3.8) is 0 Å². The molecule has 2 bridgehead atoms. The van der Waals surface area contributed by atoms with Gasteiger partial charge in [0.25, 0.3) is 0 Å². The first-order valence-corrected chi connectivity index (χ1v) is 13.6. The van der Waals surface area contributed by atoms with Crippen LogP contribution in [0.5, 0.6) is 0 Å². The summed E-state index contributed by atoms with van der Waals surface area (Å²) in [4.78, 5) is 15.3. The van der Waals surface area contributed by atoms with Crippen molar-refractivity contribution >= 4 is 6.09 Å². The lowest BCUT2D eigenvalue weighted by molar-refractivity contribution is -0.0531. The molecule has 2 heterocycles. The van der Waals surface area contributed by atoms with Crippen molar-refractivity contribution in [2.24, 2.45) is 0 Å². The molecule has 7 rings (SSSR count). The van der Waals surface area contributed by atoms with E-state index in [-0.39, 0.29) is 24.1 Å². The van der Waals surface area contributed by atoms with Crippen molar-refractivity contribution in [1.82, 2.24) is 4.90 Å². The van der Waals surface area contributed by atoms with Crippen LogP contribution in [0.15, 0.2) is 103 Å². The van der Waals surface area contributed by atoms with Gasteiger partial charge in [0.1, 0.15) is 6.61 Å². The predicted molar refractivity (Wildman–Crippen MR) is 149 cm³/mol. The van der Waals surface area contributed by atoms with E-state index in [0.717, 1.165) is 29.5 Å². The second-order valence-corrected chi connectivity index (χ2v) is 11.0. The molecule has 4 nitrogen and oxygen atoms in total. The Morgan fingerprint density at radius 2 is 1.26 bits per heavy atom. The van der Waals surface area contributed by atoms with E-state index < -0.39 is 5.60 Å². The Morgan fingerprint density at radius 3 is 1.87 bits per heavy atom. The third-order valence-corrected chi connectivity index (χ3v) is 8.84. The van der Waals surface area contributed by atoms with Gasteiger partial charge < -0.3 is 14.7 Å². The molecule has 4 aromatic carbocycles. The smallest absolute Gasteiger partial charge is 0.410 e. The summed E-state index contributed by atoms with van der Waals surface area (Å²) >= 11 is 0. The maximum Gasteiger partial charge on any atom is 0.410 e. The molecule has 3 aliphatic rings. The first-order chi connectivity index (χ1) is 18.6. The normalized spacial score (nSPS) is 23.7. The Hall–Kier alpha value is -3.89. The second kappa shape index (κ2) is 9.14. The molecule has 1 N–H and O–H groups in total. The number of piperidine rings is 1. The molecule has 2 unspecified atom stereocenters. The highest BCUT2D eigenvalue weighted by Crippen LogP contribution is 2.47. The zero-order chi connectivity index (χ0) is 25.7. The minimum Gasteiger partial charge on any atom is -0.448 e. The van der Waals surface area contributed by atoms with Crippen LogP contribution in [0.25, 0.3) is 22.3 Å². The van der Waals surface area contributed by atoms with Crippen LogP contribution in [0.2, 0.25) is 0 Å². The van der Waals surface area contributed by atoms with Crippen LogP contribution in [-0.2, 0) is 10.3 Å². The van der Waals surface area contributed by atoms with E-state index in [9.17, 15) is 9.90 Å². The van der Waals surface area contributed by atoms with Crippen molar-refractivity contribution in [2.45, 2.75) is 49.3 Å². The van der Waals surface area contributed by atoms with E-state index in [1.807, 2.05) is 35.2 Å². The Kier molecular flexibility index (Phi) is 5.59. The molecule has 2 saturated heterocycles. The molecular weight excluding hydrogens is 470 g/mol. The fourth-order valence-electron chi connectivity index (χ4n) is 7.03. The van der Waals surface area contributed by atoms with Crippen molar-refractivity contribution in [2.75, 3.05) is 6.61 Å². The van der Waals surface area contributed by atoms with Crippen molar-refractivity contribution < 1.29 is 14.6 Å². The van der Waals surface area contributed by atoms with Crippen LogP contribution in [0.1, 0.15) is 48.3 Å². The van der Waals surface area contributed by atoms with E-state index in [1.54, 1.807) is 0 Å². The maximum atomic E-state index is 13.4. The maximum absolute atomic E-state index is 13.4. The Labute approximate surface area is 223 Å². The van der Waals surface area contributed by atoms with Gasteiger partial charge in [-0.1, -0.05) is 103 Å². The summed E-state index contributed by atoms with van der Waals surface area (Å²) in [6, 6.07) is 35.3. The summed E-state index contributed by atoms with van der Waals surface area (Å²) < 4.78 is 6.00. The molecule has 2 atom stereocenters. The standard InChI is InChI=1S/C34H31NO3/c36-33(38-22-32-30-12-6-4-10-28(30)29-11-5-7-13-31(29)32)35-26-18-19-27(35)21-34(37,20-26)25-16-14-24(15-17-25)23-8-2-1-3-9-23/h1-17,26-27,32,37H,18-22H2. The molecular formula is C34H31NO3. The number of amides is 1. The van der Waals surface area contributed by atoms with Crippen molar-refractivity contribution in [1.29, 1.82) is 0 Å². The topological polar surface area (TPSA) is 49.8 Å². The summed E-state index contributed by atoms with van der Waals surface area (Å²) in [6.45, 7) is 0.327.